The molecule has 128 valence electrons. The molecule has 3 nitrogen and oxygen atoms in total. The molecule has 1 N–H and O–H groups in total. The van der Waals surface area contributed by atoms with Crippen LogP contribution in [0.15, 0.2) is 48.5 Å². The first-order valence-electron chi connectivity index (χ1n) is 8.57. The lowest BCUT2D eigenvalue weighted by Gasteiger charge is -2.23. The maximum Gasteiger partial charge on any atom is 0.123 e. The standard InChI is InChI=1S/C20H24FNO2/c21-19-5-1-3-16(13-19)15-23-11-12-24-20-6-2-4-18(14-20)17-7-9-22-10-8-17/h1-6,13-14,17,22H,7-12,15H2. The predicted octanol–water partition coefficient (Wildman–Crippen LogP) is 3.89. The van der Waals surface area contributed by atoms with E-state index in [4.69, 9.17) is 9.47 Å². The van der Waals surface area contributed by atoms with Crippen molar-refractivity contribution in [2.75, 3.05) is 26.3 Å². The van der Waals surface area contributed by atoms with Crippen LogP contribution in [0.4, 0.5) is 4.39 Å². The van der Waals surface area contributed by atoms with Gasteiger partial charge in [0, 0.05) is 0 Å². The average molecular weight is 329 g/mol. The van der Waals surface area contributed by atoms with Gasteiger partial charge < -0.3 is 14.8 Å². The van der Waals surface area contributed by atoms with Crippen LogP contribution < -0.4 is 10.1 Å². The summed E-state index contributed by atoms with van der Waals surface area (Å²) in [5.74, 6) is 1.28. The molecular formula is C20H24FNO2. The van der Waals surface area contributed by atoms with Gasteiger partial charge in [0.25, 0.3) is 0 Å². The van der Waals surface area contributed by atoms with Crippen molar-refractivity contribution in [2.24, 2.45) is 0 Å². The highest BCUT2D eigenvalue weighted by molar-refractivity contribution is 5.31. The van der Waals surface area contributed by atoms with E-state index < -0.39 is 0 Å². The van der Waals surface area contributed by atoms with Crippen LogP contribution in [0.25, 0.3) is 0 Å². The van der Waals surface area contributed by atoms with Gasteiger partial charge in [0.2, 0.25) is 0 Å². The topological polar surface area (TPSA) is 30.5 Å². The van der Waals surface area contributed by atoms with E-state index in [9.17, 15) is 4.39 Å². The van der Waals surface area contributed by atoms with Crippen molar-refractivity contribution in [3.05, 3.63) is 65.5 Å². The third kappa shape index (κ3) is 5.05. The molecule has 24 heavy (non-hydrogen) atoms. The molecular weight excluding hydrogens is 305 g/mol. The SMILES string of the molecule is Fc1cccc(COCCOc2cccc(C3CCNCC3)c2)c1. The minimum absolute atomic E-state index is 0.234. The quantitative estimate of drug-likeness (QED) is 0.782. The number of ether oxygens (including phenoxy) is 2. The first-order chi connectivity index (χ1) is 11.8. The molecule has 0 amide bonds. The van der Waals surface area contributed by atoms with Crippen molar-refractivity contribution in [2.45, 2.75) is 25.4 Å². The molecule has 0 aromatic heterocycles. The third-order valence-corrected chi connectivity index (χ3v) is 4.32. The molecule has 1 heterocycles. The van der Waals surface area contributed by atoms with Crippen LogP contribution in [0.3, 0.4) is 0 Å². The van der Waals surface area contributed by atoms with Gasteiger partial charge in [0.1, 0.15) is 18.2 Å². The Morgan fingerprint density at radius 3 is 2.67 bits per heavy atom. The largest absolute Gasteiger partial charge is 0.491 e. The summed E-state index contributed by atoms with van der Waals surface area (Å²) >= 11 is 0. The molecule has 1 saturated heterocycles. The Balaban J connectivity index is 1.41. The summed E-state index contributed by atoms with van der Waals surface area (Å²) in [5.41, 5.74) is 2.19. The maximum absolute atomic E-state index is 13.1. The third-order valence-electron chi connectivity index (χ3n) is 4.32. The van der Waals surface area contributed by atoms with E-state index in [2.05, 4.69) is 23.5 Å². The fourth-order valence-electron chi connectivity index (χ4n) is 3.05. The second-order valence-electron chi connectivity index (χ2n) is 6.13. The molecule has 1 fully saturated rings. The Bertz CT molecular complexity index is 641. The van der Waals surface area contributed by atoms with Crippen LogP contribution in [-0.2, 0) is 11.3 Å². The fourth-order valence-corrected chi connectivity index (χ4v) is 3.05. The van der Waals surface area contributed by atoms with Crippen LogP contribution in [-0.4, -0.2) is 26.3 Å². The van der Waals surface area contributed by atoms with Crippen LogP contribution in [0.5, 0.6) is 5.75 Å². The Labute approximate surface area is 142 Å². The number of benzene rings is 2. The number of halogens is 1. The van der Waals surface area contributed by atoms with Crippen LogP contribution in [0.2, 0.25) is 0 Å². The predicted molar refractivity (Wildman–Crippen MR) is 92.8 cm³/mol. The second-order valence-corrected chi connectivity index (χ2v) is 6.13. The number of rotatable bonds is 7. The van der Waals surface area contributed by atoms with Crippen molar-refractivity contribution in [3.8, 4) is 5.75 Å². The lowest BCUT2D eigenvalue weighted by molar-refractivity contribution is 0.0887. The maximum atomic E-state index is 13.1. The minimum Gasteiger partial charge on any atom is -0.491 e. The number of hydrogen-bond donors (Lipinski definition) is 1. The lowest BCUT2D eigenvalue weighted by atomic mass is 9.90. The van der Waals surface area contributed by atoms with Crippen LogP contribution in [0, 0.1) is 5.82 Å². The van der Waals surface area contributed by atoms with E-state index >= 15 is 0 Å². The minimum atomic E-state index is -0.234. The number of piperidine rings is 1. The molecule has 1 aliphatic heterocycles. The van der Waals surface area contributed by atoms with Gasteiger partial charge in [-0.3, -0.25) is 0 Å². The first-order valence-corrected chi connectivity index (χ1v) is 8.57. The van der Waals surface area contributed by atoms with Gasteiger partial charge in [-0.1, -0.05) is 24.3 Å². The Morgan fingerprint density at radius 1 is 1.00 bits per heavy atom. The van der Waals surface area contributed by atoms with Gasteiger partial charge in [0.15, 0.2) is 0 Å². The molecule has 1 aliphatic rings. The van der Waals surface area contributed by atoms with E-state index in [0.717, 1.165) is 24.4 Å². The van der Waals surface area contributed by atoms with Gasteiger partial charge in [-0.15, -0.1) is 0 Å². The zero-order valence-electron chi connectivity index (χ0n) is 13.8. The van der Waals surface area contributed by atoms with Crippen molar-refractivity contribution in [3.63, 3.8) is 0 Å². The summed E-state index contributed by atoms with van der Waals surface area (Å²) in [6.45, 7) is 3.54. The summed E-state index contributed by atoms with van der Waals surface area (Å²) in [4.78, 5) is 0. The van der Waals surface area contributed by atoms with E-state index in [1.54, 1.807) is 6.07 Å². The lowest BCUT2D eigenvalue weighted by Crippen LogP contribution is -2.26. The molecule has 3 rings (SSSR count). The molecule has 2 aromatic carbocycles. The van der Waals surface area contributed by atoms with E-state index in [0.29, 0.717) is 25.7 Å². The summed E-state index contributed by atoms with van der Waals surface area (Å²) in [6, 6.07) is 14.8. The van der Waals surface area contributed by atoms with Crippen molar-refractivity contribution in [1.29, 1.82) is 0 Å². The van der Waals surface area contributed by atoms with Gasteiger partial charge in [-0.25, -0.2) is 4.39 Å². The van der Waals surface area contributed by atoms with Crippen molar-refractivity contribution in [1.82, 2.24) is 5.32 Å². The molecule has 0 saturated carbocycles. The van der Waals surface area contributed by atoms with Gasteiger partial charge in [-0.2, -0.15) is 0 Å². The van der Waals surface area contributed by atoms with Crippen molar-refractivity contribution < 1.29 is 13.9 Å². The van der Waals surface area contributed by atoms with Gasteiger partial charge in [-0.05, 0) is 67.2 Å². The average Bonchev–Trinajstić information content (AvgIpc) is 2.62. The molecule has 0 aliphatic carbocycles. The highest BCUT2D eigenvalue weighted by atomic mass is 19.1. The highest BCUT2D eigenvalue weighted by Crippen LogP contribution is 2.27. The van der Waals surface area contributed by atoms with Crippen LogP contribution >= 0.6 is 0 Å². The zero-order valence-corrected chi connectivity index (χ0v) is 13.8. The van der Waals surface area contributed by atoms with E-state index in [1.807, 2.05) is 12.1 Å². The zero-order chi connectivity index (χ0) is 16.6. The Hall–Kier alpha value is -1.91. The highest BCUT2D eigenvalue weighted by Gasteiger charge is 2.15. The fraction of sp³-hybridized carbons (Fsp3) is 0.400. The Morgan fingerprint density at radius 2 is 1.83 bits per heavy atom. The molecule has 2 aromatic rings. The summed E-state index contributed by atoms with van der Waals surface area (Å²) in [7, 11) is 0. The molecule has 0 bridgehead atoms. The van der Waals surface area contributed by atoms with Gasteiger partial charge in [0.05, 0.1) is 13.2 Å². The first kappa shape index (κ1) is 16.9. The smallest absolute Gasteiger partial charge is 0.123 e. The number of nitrogens with one attached hydrogen (secondary N) is 1. The second kappa shape index (κ2) is 8.81. The molecule has 0 spiro atoms. The van der Waals surface area contributed by atoms with Gasteiger partial charge >= 0.3 is 0 Å². The summed E-state index contributed by atoms with van der Waals surface area (Å²) < 4.78 is 24.4. The monoisotopic (exact) mass is 329 g/mol. The molecule has 4 heteroatoms. The van der Waals surface area contributed by atoms with E-state index in [1.165, 1.54) is 30.5 Å². The Kier molecular flexibility index (Phi) is 6.21. The molecule has 0 atom stereocenters. The molecule has 0 radical (unpaired) electrons. The normalized spacial score (nSPS) is 15.4. The molecule has 0 unspecified atom stereocenters. The number of hydrogen-bond acceptors (Lipinski definition) is 3. The van der Waals surface area contributed by atoms with E-state index in [-0.39, 0.29) is 5.82 Å². The van der Waals surface area contributed by atoms with Crippen LogP contribution in [0.1, 0.15) is 29.9 Å². The summed E-state index contributed by atoms with van der Waals surface area (Å²) in [6.07, 6.45) is 2.36. The van der Waals surface area contributed by atoms with Crippen molar-refractivity contribution >= 4 is 0 Å². The summed E-state index contributed by atoms with van der Waals surface area (Å²) in [5, 5.41) is 3.39.